The van der Waals surface area contributed by atoms with Gasteiger partial charge in [0.05, 0.1) is 23.4 Å². The number of hydrogen-bond acceptors (Lipinski definition) is 7. The third-order valence-corrected chi connectivity index (χ3v) is 6.59. The first kappa shape index (κ1) is 22.9. The number of amides is 1. The first-order valence-corrected chi connectivity index (χ1v) is 11.9. The second-order valence-electron chi connectivity index (χ2n) is 8.76. The van der Waals surface area contributed by atoms with Crippen molar-refractivity contribution in [1.29, 1.82) is 5.26 Å². The van der Waals surface area contributed by atoms with E-state index >= 15 is 0 Å². The van der Waals surface area contributed by atoms with Gasteiger partial charge in [0.15, 0.2) is 11.9 Å². The van der Waals surface area contributed by atoms with Crippen LogP contribution < -0.4 is 4.90 Å². The molecule has 0 N–H and O–H groups in total. The van der Waals surface area contributed by atoms with Crippen molar-refractivity contribution in [3.63, 3.8) is 0 Å². The van der Waals surface area contributed by atoms with Crippen LogP contribution in [-0.2, 0) is 20.8 Å². The molecule has 5 rings (SSSR count). The standard InChI is InChI=1S/C26H27N5O4/c1-3-34-24(32)16-30-15-17-7-6-8-22(25(17)26(30)33)29(2)18-10-11-21-19(13-18)20(14-27)28-31(21)23-9-4-5-12-35-23/h6-8,10-11,13,23H,3-5,9,12,15-16H2,1-2H3. The fourth-order valence-electron chi connectivity index (χ4n) is 4.87. The molecule has 9 nitrogen and oxygen atoms in total. The Balaban J connectivity index is 1.48. The normalized spacial score (nSPS) is 17.3. The van der Waals surface area contributed by atoms with Crippen molar-refractivity contribution in [2.45, 2.75) is 39.0 Å². The minimum atomic E-state index is -0.419. The highest BCUT2D eigenvalue weighted by Crippen LogP contribution is 2.36. The van der Waals surface area contributed by atoms with Crippen LogP contribution in [0.5, 0.6) is 0 Å². The molecule has 0 aliphatic carbocycles. The van der Waals surface area contributed by atoms with E-state index in [1.54, 1.807) is 6.92 Å². The molecular weight excluding hydrogens is 446 g/mol. The van der Waals surface area contributed by atoms with Gasteiger partial charge in [-0.1, -0.05) is 12.1 Å². The highest BCUT2D eigenvalue weighted by Gasteiger charge is 2.32. The van der Waals surface area contributed by atoms with Crippen molar-refractivity contribution < 1.29 is 19.1 Å². The summed E-state index contributed by atoms with van der Waals surface area (Å²) in [6.45, 7) is 2.99. The number of rotatable bonds is 6. The molecular formula is C26H27N5O4. The Hall–Kier alpha value is -3.90. The zero-order chi connectivity index (χ0) is 24.5. The van der Waals surface area contributed by atoms with Crippen molar-refractivity contribution in [2.24, 2.45) is 0 Å². The second kappa shape index (κ2) is 9.39. The van der Waals surface area contributed by atoms with Gasteiger partial charge in [-0.3, -0.25) is 9.59 Å². The van der Waals surface area contributed by atoms with Crippen LogP contribution in [0.3, 0.4) is 0 Å². The summed E-state index contributed by atoms with van der Waals surface area (Å²) in [6.07, 6.45) is 2.80. The SMILES string of the molecule is CCOC(=O)CN1Cc2cccc(N(C)c3ccc4c(c3)c(C#N)nn4C3CCCCO3)c2C1=O. The maximum absolute atomic E-state index is 13.2. The molecule has 180 valence electrons. The molecule has 9 heteroatoms. The number of carbonyl (C=O) groups excluding carboxylic acids is 2. The van der Waals surface area contributed by atoms with Crippen LogP contribution in [0.1, 0.15) is 54.0 Å². The number of hydrogen-bond donors (Lipinski definition) is 0. The summed E-state index contributed by atoms with van der Waals surface area (Å²) in [5.41, 5.74) is 4.19. The predicted molar refractivity (Wildman–Crippen MR) is 129 cm³/mol. The lowest BCUT2D eigenvalue weighted by molar-refractivity contribution is -0.143. The largest absolute Gasteiger partial charge is 0.465 e. The summed E-state index contributed by atoms with van der Waals surface area (Å²) >= 11 is 0. The van der Waals surface area contributed by atoms with Gasteiger partial charge in [0.2, 0.25) is 0 Å². The molecule has 0 spiro atoms. The first-order chi connectivity index (χ1) is 17.0. The topological polar surface area (TPSA) is 101 Å². The molecule has 0 radical (unpaired) electrons. The lowest BCUT2D eigenvalue weighted by atomic mass is 10.1. The Morgan fingerprint density at radius 2 is 2.17 bits per heavy atom. The van der Waals surface area contributed by atoms with E-state index in [9.17, 15) is 14.9 Å². The van der Waals surface area contributed by atoms with Crippen LogP contribution in [0.15, 0.2) is 36.4 Å². The summed E-state index contributed by atoms with van der Waals surface area (Å²) in [6, 6.07) is 13.7. The first-order valence-electron chi connectivity index (χ1n) is 11.9. The summed E-state index contributed by atoms with van der Waals surface area (Å²) in [5.74, 6) is -0.617. The highest BCUT2D eigenvalue weighted by atomic mass is 16.5. The average molecular weight is 474 g/mol. The summed E-state index contributed by atoms with van der Waals surface area (Å²) in [5, 5.41) is 15.0. The fourth-order valence-corrected chi connectivity index (χ4v) is 4.87. The molecule has 3 heterocycles. The number of nitrogens with zero attached hydrogens (tertiary/aromatic N) is 5. The van der Waals surface area contributed by atoms with E-state index in [4.69, 9.17) is 9.47 Å². The van der Waals surface area contributed by atoms with Crippen LogP contribution in [0, 0.1) is 11.3 Å². The number of nitriles is 1. The Kier molecular flexibility index (Phi) is 6.14. The number of aromatic nitrogens is 2. The third-order valence-electron chi connectivity index (χ3n) is 6.59. The van der Waals surface area contributed by atoms with Gasteiger partial charge in [-0.2, -0.15) is 10.4 Å². The number of ether oxygens (including phenoxy) is 2. The fraction of sp³-hybridized carbons (Fsp3) is 0.385. The smallest absolute Gasteiger partial charge is 0.325 e. The monoisotopic (exact) mass is 473 g/mol. The van der Waals surface area contributed by atoms with Gasteiger partial charge in [-0.15, -0.1) is 0 Å². The lowest BCUT2D eigenvalue weighted by Gasteiger charge is -2.24. The number of fused-ring (bicyclic) bond motifs is 2. The van der Waals surface area contributed by atoms with Crippen LogP contribution >= 0.6 is 0 Å². The van der Waals surface area contributed by atoms with Crippen molar-refractivity contribution in [3.05, 3.63) is 53.2 Å². The van der Waals surface area contributed by atoms with Crippen LogP contribution in [0.2, 0.25) is 0 Å². The Bertz CT molecular complexity index is 1340. The Morgan fingerprint density at radius 3 is 2.91 bits per heavy atom. The van der Waals surface area contributed by atoms with E-state index in [0.29, 0.717) is 24.4 Å². The van der Waals surface area contributed by atoms with Gasteiger partial charge < -0.3 is 19.3 Å². The second-order valence-corrected chi connectivity index (χ2v) is 8.76. The van der Waals surface area contributed by atoms with E-state index in [0.717, 1.165) is 47.1 Å². The van der Waals surface area contributed by atoms with Crippen molar-refractivity contribution in [1.82, 2.24) is 14.7 Å². The quantitative estimate of drug-likeness (QED) is 0.501. The van der Waals surface area contributed by atoms with E-state index in [1.165, 1.54) is 4.90 Å². The summed E-state index contributed by atoms with van der Waals surface area (Å²) in [4.78, 5) is 28.6. The van der Waals surface area contributed by atoms with Crippen molar-refractivity contribution in [3.8, 4) is 6.07 Å². The zero-order valence-corrected chi connectivity index (χ0v) is 19.9. The molecule has 2 aromatic carbocycles. The summed E-state index contributed by atoms with van der Waals surface area (Å²) in [7, 11) is 1.89. The lowest BCUT2D eigenvalue weighted by Crippen LogP contribution is -2.31. The molecule has 1 fully saturated rings. The third kappa shape index (κ3) is 4.10. The van der Waals surface area contributed by atoms with E-state index in [-0.39, 0.29) is 25.3 Å². The molecule has 1 aromatic heterocycles. The van der Waals surface area contributed by atoms with Gasteiger partial charge in [-0.05, 0) is 56.0 Å². The molecule has 1 atom stereocenters. The Labute approximate surface area is 203 Å². The minimum Gasteiger partial charge on any atom is -0.465 e. The zero-order valence-electron chi connectivity index (χ0n) is 19.9. The van der Waals surface area contributed by atoms with Gasteiger partial charge in [0.1, 0.15) is 12.6 Å². The van der Waals surface area contributed by atoms with E-state index in [1.807, 2.05) is 53.0 Å². The molecule has 1 unspecified atom stereocenters. The predicted octanol–water partition coefficient (Wildman–Crippen LogP) is 3.89. The molecule has 2 aliphatic rings. The van der Waals surface area contributed by atoms with E-state index in [2.05, 4.69) is 11.2 Å². The number of carbonyl (C=O) groups is 2. The molecule has 1 amide bonds. The van der Waals surface area contributed by atoms with Crippen molar-refractivity contribution in [2.75, 3.05) is 31.7 Å². The molecule has 35 heavy (non-hydrogen) atoms. The van der Waals surface area contributed by atoms with Gasteiger partial charge in [0.25, 0.3) is 5.91 Å². The van der Waals surface area contributed by atoms with Gasteiger partial charge in [-0.25, -0.2) is 4.68 Å². The van der Waals surface area contributed by atoms with E-state index < -0.39 is 5.97 Å². The Morgan fingerprint density at radius 1 is 1.31 bits per heavy atom. The average Bonchev–Trinajstić information content (AvgIpc) is 3.41. The van der Waals surface area contributed by atoms with Crippen LogP contribution in [0.25, 0.3) is 10.9 Å². The van der Waals surface area contributed by atoms with Crippen molar-refractivity contribution >= 4 is 34.2 Å². The molecule has 1 saturated heterocycles. The molecule has 2 aliphatic heterocycles. The maximum Gasteiger partial charge on any atom is 0.325 e. The maximum atomic E-state index is 13.2. The van der Waals surface area contributed by atoms with Crippen LogP contribution in [-0.4, -0.2) is 53.4 Å². The minimum absolute atomic E-state index is 0.0789. The van der Waals surface area contributed by atoms with Gasteiger partial charge >= 0.3 is 5.97 Å². The van der Waals surface area contributed by atoms with Crippen LogP contribution in [0.4, 0.5) is 11.4 Å². The summed E-state index contributed by atoms with van der Waals surface area (Å²) < 4.78 is 12.7. The molecule has 0 saturated carbocycles. The molecule has 0 bridgehead atoms. The number of benzene rings is 2. The highest BCUT2D eigenvalue weighted by molar-refractivity contribution is 6.05. The molecule has 3 aromatic rings. The number of anilines is 2. The van der Waals surface area contributed by atoms with Gasteiger partial charge in [0, 0.05) is 31.3 Å². The number of esters is 1.